The first kappa shape index (κ1) is 15.9. The number of anilines is 1. The molecule has 3 aromatic rings. The third-order valence-electron chi connectivity index (χ3n) is 3.21. The average Bonchev–Trinajstić information content (AvgIpc) is 2.99. The Morgan fingerprint density at radius 2 is 2.04 bits per heavy atom. The number of nitrogens with one attached hydrogen (secondary N) is 1. The highest BCUT2D eigenvalue weighted by Crippen LogP contribution is 2.14. The first-order valence-corrected chi connectivity index (χ1v) is 8.14. The lowest BCUT2D eigenvalue weighted by molar-refractivity contribution is 0.0863. The molecule has 0 atom stereocenters. The molecule has 1 amide bonds. The fourth-order valence-corrected chi connectivity index (χ4v) is 2.73. The summed E-state index contributed by atoms with van der Waals surface area (Å²) in [5.41, 5.74) is 1.22. The zero-order valence-corrected chi connectivity index (χ0v) is 13.7. The molecule has 1 aromatic carbocycles. The third kappa shape index (κ3) is 3.69. The van der Waals surface area contributed by atoms with Crippen molar-refractivity contribution in [2.24, 2.45) is 0 Å². The highest BCUT2D eigenvalue weighted by molar-refractivity contribution is 7.13. The standard InChI is InChI=1S/C17H15N3O3S/c1-12-11-24-17(18-12)19-15(21)14-8-5-9-20(16(14)22)23-10-13-6-3-2-4-7-13/h2-9,11H,10H2,1H3,(H,18,19,21). The van der Waals surface area contributed by atoms with E-state index in [0.29, 0.717) is 5.13 Å². The van der Waals surface area contributed by atoms with Gasteiger partial charge in [-0.2, -0.15) is 4.73 Å². The summed E-state index contributed by atoms with van der Waals surface area (Å²) in [4.78, 5) is 34.3. The molecule has 0 saturated carbocycles. The zero-order chi connectivity index (χ0) is 16.9. The molecule has 0 bridgehead atoms. The molecule has 3 rings (SSSR count). The van der Waals surface area contributed by atoms with Crippen LogP contribution in [0, 0.1) is 6.92 Å². The summed E-state index contributed by atoms with van der Waals surface area (Å²) in [5, 5.41) is 4.90. The average molecular weight is 341 g/mol. The maximum Gasteiger partial charge on any atom is 0.295 e. The number of aromatic nitrogens is 2. The van der Waals surface area contributed by atoms with E-state index in [9.17, 15) is 9.59 Å². The summed E-state index contributed by atoms with van der Waals surface area (Å²) in [6.07, 6.45) is 1.48. The van der Waals surface area contributed by atoms with Gasteiger partial charge < -0.3 is 4.84 Å². The van der Waals surface area contributed by atoms with Crippen molar-refractivity contribution in [1.29, 1.82) is 0 Å². The Hall–Kier alpha value is -2.93. The van der Waals surface area contributed by atoms with Gasteiger partial charge in [-0.25, -0.2) is 4.98 Å². The number of hydrogen-bond acceptors (Lipinski definition) is 5. The molecule has 2 aromatic heterocycles. The van der Waals surface area contributed by atoms with E-state index in [2.05, 4.69) is 10.3 Å². The molecule has 0 aliphatic carbocycles. The van der Waals surface area contributed by atoms with E-state index in [4.69, 9.17) is 4.84 Å². The Morgan fingerprint density at radius 3 is 2.75 bits per heavy atom. The first-order chi connectivity index (χ1) is 11.6. The number of pyridine rings is 1. The molecule has 2 heterocycles. The Balaban J connectivity index is 1.75. The van der Waals surface area contributed by atoms with Crippen LogP contribution in [0.25, 0.3) is 0 Å². The SMILES string of the molecule is Cc1csc(NC(=O)c2cccn(OCc3ccccc3)c2=O)n1. The molecular weight excluding hydrogens is 326 g/mol. The summed E-state index contributed by atoms with van der Waals surface area (Å²) in [7, 11) is 0. The predicted octanol–water partition coefficient (Wildman–Crippen LogP) is 2.49. The van der Waals surface area contributed by atoms with Crippen LogP contribution < -0.4 is 15.7 Å². The fourth-order valence-electron chi connectivity index (χ4n) is 2.04. The minimum atomic E-state index is -0.515. The second-order valence-electron chi connectivity index (χ2n) is 5.06. The Kier molecular flexibility index (Phi) is 4.72. The quantitative estimate of drug-likeness (QED) is 0.774. The largest absolute Gasteiger partial charge is 0.406 e. The molecule has 0 spiro atoms. The van der Waals surface area contributed by atoms with Crippen LogP contribution in [0.3, 0.4) is 0 Å². The predicted molar refractivity (Wildman–Crippen MR) is 92.2 cm³/mol. The fraction of sp³-hybridized carbons (Fsp3) is 0.118. The molecule has 1 N–H and O–H groups in total. The van der Waals surface area contributed by atoms with Crippen LogP contribution in [0.2, 0.25) is 0 Å². The van der Waals surface area contributed by atoms with Gasteiger partial charge in [-0.05, 0) is 24.6 Å². The molecule has 0 aliphatic heterocycles. The van der Waals surface area contributed by atoms with Crippen LogP contribution in [0.1, 0.15) is 21.6 Å². The molecule has 0 fully saturated rings. The van der Waals surface area contributed by atoms with E-state index < -0.39 is 11.5 Å². The van der Waals surface area contributed by atoms with E-state index in [1.807, 2.05) is 42.6 Å². The van der Waals surface area contributed by atoms with Gasteiger partial charge in [0, 0.05) is 11.6 Å². The van der Waals surface area contributed by atoms with Crippen LogP contribution in [0.5, 0.6) is 0 Å². The topological polar surface area (TPSA) is 73.2 Å². The van der Waals surface area contributed by atoms with Crippen molar-refractivity contribution in [1.82, 2.24) is 9.71 Å². The monoisotopic (exact) mass is 341 g/mol. The lowest BCUT2D eigenvalue weighted by atomic mass is 10.2. The number of nitrogens with zero attached hydrogens (tertiary/aromatic N) is 2. The second-order valence-corrected chi connectivity index (χ2v) is 5.92. The Labute approximate surface area is 142 Å². The molecular formula is C17H15N3O3S. The Morgan fingerprint density at radius 1 is 1.25 bits per heavy atom. The number of thiazole rings is 1. The number of benzene rings is 1. The van der Waals surface area contributed by atoms with Gasteiger partial charge in [-0.1, -0.05) is 30.3 Å². The van der Waals surface area contributed by atoms with Crippen LogP contribution >= 0.6 is 11.3 Å². The molecule has 7 heteroatoms. The normalized spacial score (nSPS) is 10.4. The van der Waals surface area contributed by atoms with Gasteiger partial charge >= 0.3 is 0 Å². The van der Waals surface area contributed by atoms with Crippen LogP contribution in [-0.4, -0.2) is 15.6 Å². The maximum absolute atomic E-state index is 12.4. The van der Waals surface area contributed by atoms with Crippen molar-refractivity contribution >= 4 is 22.4 Å². The number of amides is 1. The number of aryl methyl sites for hydroxylation is 1. The smallest absolute Gasteiger partial charge is 0.295 e. The molecule has 0 unspecified atom stereocenters. The minimum Gasteiger partial charge on any atom is -0.406 e. The van der Waals surface area contributed by atoms with Gasteiger partial charge in [0.05, 0.1) is 5.69 Å². The van der Waals surface area contributed by atoms with E-state index in [1.54, 1.807) is 6.07 Å². The third-order valence-corrected chi connectivity index (χ3v) is 4.09. The summed E-state index contributed by atoms with van der Waals surface area (Å²) >= 11 is 1.31. The molecule has 122 valence electrons. The zero-order valence-electron chi connectivity index (χ0n) is 12.9. The lowest BCUT2D eigenvalue weighted by Crippen LogP contribution is -2.32. The van der Waals surface area contributed by atoms with E-state index in [-0.39, 0.29) is 12.2 Å². The van der Waals surface area contributed by atoms with Crippen LogP contribution in [-0.2, 0) is 6.61 Å². The van der Waals surface area contributed by atoms with Gasteiger partial charge in [-0.3, -0.25) is 14.9 Å². The van der Waals surface area contributed by atoms with Gasteiger partial charge in [-0.15, -0.1) is 11.3 Å². The van der Waals surface area contributed by atoms with Crippen LogP contribution in [0.4, 0.5) is 5.13 Å². The van der Waals surface area contributed by atoms with Crippen molar-refractivity contribution in [3.05, 3.63) is 81.2 Å². The molecule has 0 aliphatic rings. The highest BCUT2D eigenvalue weighted by atomic mass is 32.1. The molecule has 6 nitrogen and oxygen atoms in total. The summed E-state index contributed by atoms with van der Waals surface area (Å²) in [6.45, 7) is 2.07. The minimum absolute atomic E-state index is 0.00147. The van der Waals surface area contributed by atoms with Crippen molar-refractivity contribution in [3.8, 4) is 0 Å². The van der Waals surface area contributed by atoms with E-state index in [1.165, 1.54) is 23.6 Å². The molecule has 24 heavy (non-hydrogen) atoms. The van der Waals surface area contributed by atoms with Crippen molar-refractivity contribution in [2.45, 2.75) is 13.5 Å². The summed E-state index contributed by atoms with van der Waals surface area (Å²) in [6, 6.07) is 12.5. The van der Waals surface area contributed by atoms with Gasteiger partial charge in [0.15, 0.2) is 5.13 Å². The summed E-state index contributed by atoms with van der Waals surface area (Å²) in [5.74, 6) is -0.507. The highest BCUT2D eigenvalue weighted by Gasteiger charge is 2.14. The number of carbonyl (C=O) groups is 1. The van der Waals surface area contributed by atoms with Crippen LogP contribution in [0.15, 0.2) is 58.8 Å². The van der Waals surface area contributed by atoms with E-state index >= 15 is 0 Å². The Bertz CT molecular complexity index is 903. The number of rotatable bonds is 5. The summed E-state index contributed by atoms with van der Waals surface area (Å²) < 4.78 is 1.06. The first-order valence-electron chi connectivity index (χ1n) is 7.26. The van der Waals surface area contributed by atoms with Gasteiger partial charge in [0.1, 0.15) is 12.2 Å². The second kappa shape index (κ2) is 7.10. The number of carbonyl (C=O) groups excluding carboxylic acids is 1. The maximum atomic E-state index is 12.4. The van der Waals surface area contributed by atoms with Gasteiger partial charge in [0.2, 0.25) is 0 Å². The van der Waals surface area contributed by atoms with Crippen molar-refractivity contribution in [2.75, 3.05) is 5.32 Å². The number of hydrogen-bond donors (Lipinski definition) is 1. The van der Waals surface area contributed by atoms with Gasteiger partial charge in [0.25, 0.3) is 11.5 Å². The van der Waals surface area contributed by atoms with Crippen molar-refractivity contribution < 1.29 is 9.63 Å². The molecule has 0 radical (unpaired) electrons. The lowest BCUT2D eigenvalue weighted by Gasteiger charge is -2.09. The van der Waals surface area contributed by atoms with E-state index in [0.717, 1.165) is 16.0 Å². The van der Waals surface area contributed by atoms with Crippen molar-refractivity contribution in [3.63, 3.8) is 0 Å². The molecule has 0 saturated heterocycles.